The van der Waals surface area contributed by atoms with Crippen LogP contribution in [0.2, 0.25) is 0 Å². The van der Waals surface area contributed by atoms with Crippen molar-refractivity contribution in [3.05, 3.63) is 0 Å². The van der Waals surface area contributed by atoms with E-state index in [4.69, 9.17) is 10.5 Å². The van der Waals surface area contributed by atoms with Crippen molar-refractivity contribution < 1.29 is 14.3 Å². The zero-order valence-corrected chi connectivity index (χ0v) is 10.4. The minimum atomic E-state index is -0.308. The monoisotopic (exact) mass is 243 g/mol. The number of methoxy groups -OCH3 is 1. The van der Waals surface area contributed by atoms with Crippen molar-refractivity contribution in [1.29, 1.82) is 0 Å². The predicted molar refractivity (Wildman–Crippen MR) is 63.3 cm³/mol. The summed E-state index contributed by atoms with van der Waals surface area (Å²) in [5.41, 5.74) is 5.15. The van der Waals surface area contributed by atoms with Gasteiger partial charge in [0.1, 0.15) is 0 Å². The molecule has 0 radical (unpaired) electrons. The zero-order valence-electron chi connectivity index (χ0n) is 10.4. The van der Waals surface area contributed by atoms with Crippen LogP contribution in [0, 0.1) is 0 Å². The molecule has 98 valence electrons. The molecule has 6 heteroatoms. The van der Waals surface area contributed by atoms with Gasteiger partial charge in [-0.1, -0.05) is 0 Å². The van der Waals surface area contributed by atoms with Gasteiger partial charge < -0.3 is 20.7 Å². The summed E-state index contributed by atoms with van der Waals surface area (Å²) in [5.74, 6) is -0.369. The van der Waals surface area contributed by atoms with Gasteiger partial charge in [-0.05, 0) is 19.8 Å². The standard InChI is InChI=1S/C11H21N3O3/c1-8-5-9(17-2)3-4-14(8)11(16)7-13-10(15)6-12/h8-9H,3-7,12H2,1-2H3,(H,13,15). The van der Waals surface area contributed by atoms with Crippen molar-refractivity contribution in [1.82, 2.24) is 10.2 Å². The number of hydrogen-bond donors (Lipinski definition) is 2. The van der Waals surface area contributed by atoms with Gasteiger partial charge in [0.05, 0.1) is 19.2 Å². The summed E-state index contributed by atoms with van der Waals surface area (Å²) in [4.78, 5) is 24.6. The quantitative estimate of drug-likeness (QED) is 0.669. The number of nitrogens with two attached hydrogens (primary N) is 1. The van der Waals surface area contributed by atoms with Gasteiger partial charge in [0.2, 0.25) is 11.8 Å². The number of nitrogens with one attached hydrogen (secondary N) is 1. The van der Waals surface area contributed by atoms with Crippen LogP contribution in [-0.2, 0) is 14.3 Å². The summed E-state index contributed by atoms with van der Waals surface area (Å²) in [5, 5.41) is 2.49. The third kappa shape index (κ3) is 3.98. The average molecular weight is 243 g/mol. The zero-order chi connectivity index (χ0) is 12.8. The number of nitrogens with zero attached hydrogens (tertiary/aromatic N) is 1. The third-order valence-electron chi connectivity index (χ3n) is 3.10. The first-order valence-corrected chi connectivity index (χ1v) is 5.87. The Bertz CT molecular complexity index is 283. The van der Waals surface area contributed by atoms with Gasteiger partial charge in [0.25, 0.3) is 0 Å². The van der Waals surface area contributed by atoms with Gasteiger partial charge >= 0.3 is 0 Å². The van der Waals surface area contributed by atoms with Crippen molar-refractivity contribution in [2.45, 2.75) is 31.9 Å². The van der Waals surface area contributed by atoms with Crippen LogP contribution < -0.4 is 11.1 Å². The highest BCUT2D eigenvalue weighted by atomic mass is 16.5. The van der Waals surface area contributed by atoms with E-state index in [1.54, 1.807) is 12.0 Å². The summed E-state index contributed by atoms with van der Waals surface area (Å²) in [7, 11) is 1.69. The largest absolute Gasteiger partial charge is 0.381 e. The molecule has 1 fully saturated rings. The molecule has 2 amide bonds. The van der Waals surface area contributed by atoms with E-state index in [-0.39, 0.29) is 37.0 Å². The van der Waals surface area contributed by atoms with E-state index >= 15 is 0 Å². The topological polar surface area (TPSA) is 84.7 Å². The first-order chi connectivity index (χ1) is 8.08. The number of piperidine rings is 1. The number of rotatable bonds is 4. The van der Waals surface area contributed by atoms with E-state index in [0.717, 1.165) is 12.8 Å². The van der Waals surface area contributed by atoms with Crippen molar-refractivity contribution in [3.63, 3.8) is 0 Å². The first-order valence-electron chi connectivity index (χ1n) is 5.87. The van der Waals surface area contributed by atoms with E-state index < -0.39 is 0 Å². The molecule has 0 aromatic heterocycles. The van der Waals surface area contributed by atoms with Crippen molar-refractivity contribution >= 4 is 11.8 Å². The molecule has 1 aliphatic rings. The molecule has 0 aromatic carbocycles. The summed E-state index contributed by atoms with van der Waals surface area (Å²) < 4.78 is 5.28. The van der Waals surface area contributed by atoms with Crippen LogP contribution >= 0.6 is 0 Å². The van der Waals surface area contributed by atoms with Crippen LogP contribution in [-0.4, -0.2) is 55.6 Å². The first kappa shape index (κ1) is 13.9. The van der Waals surface area contributed by atoms with E-state index in [1.807, 2.05) is 6.92 Å². The Morgan fingerprint density at radius 1 is 1.53 bits per heavy atom. The predicted octanol–water partition coefficient (Wildman–Crippen LogP) is -0.913. The minimum Gasteiger partial charge on any atom is -0.381 e. The highest BCUT2D eigenvalue weighted by Crippen LogP contribution is 2.19. The lowest BCUT2D eigenvalue weighted by Gasteiger charge is -2.37. The van der Waals surface area contributed by atoms with Gasteiger partial charge in [-0.2, -0.15) is 0 Å². The maximum Gasteiger partial charge on any atom is 0.242 e. The summed E-state index contributed by atoms with van der Waals surface area (Å²) in [6, 6.07) is 0.149. The number of carbonyl (C=O) groups is 2. The van der Waals surface area contributed by atoms with E-state index in [2.05, 4.69) is 5.32 Å². The molecule has 0 aromatic rings. The van der Waals surface area contributed by atoms with E-state index in [1.165, 1.54) is 0 Å². The van der Waals surface area contributed by atoms with E-state index in [0.29, 0.717) is 6.54 Å². The SMILES string of the molecule is COC1CCN(C(=O)CNC(=O)CN)C(C)C1. The number of likely N-dealkylation sites (tertiary alicyclic amines) is 1. The number of ether oxygens (including phenoxy) is 1. The second-order valence-electron chi connectivity index (χ2n) is 4.30. The van der Waals surface area contributed by atoms with Crippen LogP contribution in [0.4, 0.5) is 0 Å². The Balaban J connectivity index is 2.39. The Morgan fingerprint density at radius 2 is 2.24 bits per heavy atom. The molecule has 2 unspecified atom stereocenters. The van der Waals surface area contributed by atoms with Gasteiger partial charge in [-0.15, -0.1) is 0 Å². The lowest BCUT2D eigenvalue weighted by molar-refractivity contribution is -0.137. The summed E-state index contributed by atoms with van der Waals surface area (Å²) in [6.07, 6.45) is 1.91. The van der Waals surface area contributed by atoms with Crippen LogP contribution in [0.5, 0.6) is 0 Å². The van der Waals surface area contributed by atoms with Crippen molar-refractivity contribution in [2.75, 3.05) is 26.7 Å². The molecule has 0 bridgehead atoms. The molecule has 2 atom stereocenters. The molecule has 1 rings (SSSR count). The van der Waals surface area contributed by atoms with Crippen molar-refractivity contribution in [2.24, 2.45) is 5.73 Å². The molecule has 1 saturated heterocycles. The molecular formula is C11H21N3O3. The van der Waals surface area contributed by atoms with Crippen LogP contribution in [0.25, 0.3) is 0 Å². The molecule has 0 spiro atoms. The Hall–Kier alpha value is -1.14. The normalized spacial score (nSPS) is 24.5. The fourth-order valence-corrected chi connectivity index (χ4v) is 2.06. The third-order valence-corrected chi connectivity index (χ3v) is 3.10. The van der Waals surface area contributed by atoms with Gasteiger partial charge in [-0.3, -0.25) is 9.59 Å². The van der Waals surface area contributed by atoms with Crippen LogP contribution in [0.15, 0.2) is 0 Å². The molecule has 6 nitrogen and oxygen atoms in total. The van der Waals surface area contributed by atoms with Gasteiger partial charge in [0.15, 0.2) is 0 Å². The second-order valence-corrected chi connectivity index (χ2v) is 4.30. The number of amides is 2. The number of carbonyl (C=O) groups excluding carboxylic acids is 2. The minimum absolute atomic E-state index is 0.0258. The lowest BCUT2D eigenvalue weighted by Crippen LogP contribution is -2.50. The highest BCUT2D eigenvalue weighted by Gasteiger charge is 2.28. The fourth-order valence-electron chi connectivity index (χ4n) is 2.06. The molecular weight excluding hydrogens is 222 g/mol. The van der Waals surface area contributed by atoms with Gasteiger partial charge in [0, 0.05) is 19.7 Å². The molecule has 1 heterocycles. The lowest BCUT2D eigenvalue weighted by atomic mass is 10.0. The number of hydrogen-bond acceptors (Lipinski definition) is 4. The Kier molecular flexibility index (Phi) is 5.37. The van der Waals surface area contributed by atoms with E-state index in [9.17, 15) is 9.59 Å². The highest BCUT2D eigenvalue weighted by molar-refractivity contribution is 5.85. The fraction of sp³-hybridized carbons (Fsp3) is 0.818. The molecule has 0 aliphatic carbocycles. The molecule has 17 heavy (non-hydrogen) atoms. The molecule has 0 saturated carbocycles. The maximum absolute atomic E-state index is 11.9. The van der Waals surface area contributed by atoms with Crippen LogP contribution in [0.1, 0.15) is 19.8 Å². The molecule has 1 aliphatic heterocycles. The maximum atomic E-state index is 11.9. The van der Waals surface area contributed by atoms with Crippen molar-refractivity contribution in [3.8, 4) is 0 Å². The Morgan fingerprint density at radius 3 is 2.76 bits per heavy atom. The van der Waals surface area contributed by atoms with Gasteiger partial charge in [-0.25, -0.2) is 0 Å². The summed E-state index contributed by atoms with van der Waals surface area (Å²) >= 11 is 0. The smallest absolute Gasteiger partial charge is 0.242 e. The molecule has 3 N–H and O–H groups in total. The Labute approximate surface area is 101 Å². The second kappa shape index (κ2) is 6.56. The van der Waals surface area contributed by atoms with Crippen LogP contribution in [0.3, 0.4) is 0 Å². The average Bonchev–Trinajstić information content (AvgIpc) is 2.35. The summed E-state index contributed by atoms with van der Waals surface area (Å²) in [6.45, 7) is 2.61.